The molecule has 2 unspecified atom stereocenters. The van der Waals surface area contributed by atoms with Gasteiger partial charge in [-0.2, -0.15) is 0 Å². The van der Waals surface area contributed by atoms with Crippen molar-refractivity contribution in [3.05, 3.63) is 0 Å². The van der Waals surface area contributed by atoms with Gasteiger partial charge in [-0.05, 0) is 26.7 Å². The number of amides is 2. The summed E-state index contributed by atoms with van der Waals surface area (Å²) in [5.74, 6) is -0.793. The molecule has 2 rings (SSSR count). The molecule has 1 saturated carbocycles. The van der Waals surface area contributed by atoms with Gasteiger partial charge in [-0.3, -0.25) is 4.79 Å². The fourth-order valence-electron chi connectivity index (χ4n) is 3.22. The van der Waals surface area contributed by atoms with Crippen molar-refractivity contribution in [2.45, 2.75) is 51.7 Å². The zero-order valence-electron chi connectivity index (χ0n) is 12.2. The Morgan fingerprint density at radius 3 is 2.30 bits per heavy atom. The van der Waals surface area contributed by atoms with E-state index in [9.17, 15) is 14.7 Å². The van der Waals surface area contributed by atoms with E-state index in [1.54, 1.807) is 4.90 Å². The number of hydrogen-bond acceptors (Lipinski definition) is 3. The van der Waals surface area contributed by atoms with Crippen LogP contribution in [0.1, 0.15) is 39.5 Å². The second-order valence-electron chi connectivity index (χ2n) is 6.11. The van der Waals surface area contributed by atoms with E-state index in [2.05, 4.69) is 5.32 Å². The van der Waals surface area contributed by atoms with Gasteiger partial charge in [0.2, 0.25) is 0 Å². The van der Waals surface area contributed by atoms with E-state index in [1.807, 2.05) is 13.8 Å². The van der Waals surface area contributed by atoms with Crippen LogP contribution in [-0.4, -0.2) is 53.8 Å². The van der Waals surface area contributed by atoms with E-state index in [-0.39, 0.29) is 24.8 Å². The zero-order valence-corrected chi connectivity index (χ0v) is 12.2. The molecule has 6 heteroatoms. The molecule has 2 amide bonds. The highest BCUT2D eigenvalue weighted by molar-refractivity contribution is 5.78. The molecule has 0 radical (unpaired) electrons. The highest BCUT2D eigenvalue weighted by Gasteiger charge is 2.41. The number of nitrogens with zero attached hydrogens (tertiary/aromatic N) is 1. The first-order chi connectivity index (χ1) is 9.43. The molecule has 1 aliphatic heterocycles. The maximum Gasteiger partial charge on any atom is 0.317 e. The van der Waals surface area contributed by atoms with E-state index in [1.165, 1.54) is 0 Å². The fourth-order valence-corrected chi connectivity index (χ4v) is 3.22. The Morgan fingerprint density at radius 1 is 1.25 bits per heavy atom. The smallest absolute Gasteiger partial charge is 0.317 e. The fraction of sp³-hybridized carbons (Fsp3) is 0.857. The lowest BCUT2D eigenvalue weighted by molar-refractivity contribution is -0.148. The summed E-state index contributed by atoms with van der Waals surface area (Å²) in [4.78, 5) is 25.3. The second kappa shape index (κ2) is 5.99. The summed E-state index contributed by atoms with van der Waals surface area (Å²) in [7, 11) is 0. The maximum atomic E-state index is 12.2. The first-order valence-corrected chi connectivity index (χ1v) is 7.34. The number of carbonyl (C=O) groups is 2. The molecule has 0 aromatic rings. The molecule has 20 heavy (non-hydrogen) atoms. The highest BCUT2D eigenvalue weighted by Crippen LogP contribution is 2.37. The monoisotopic (exact) mass is 284 g/mol. The van der Waals surface area contributed by atoms with E-state index in [0.29, 0.717) is 25.9 Å². The van der Waals surface area contributed by atoms with Crippen molar-refractivity contribution in [3.8, 4) is 0 Å². The van der Waals surface area contributed by atoms with Crippen LogP contribution in [0.4, 0.5) is 4.79 Å². The first kappa shape index (κ1) is 15.1. The number of ether oxygens (including phenoxy) is 1. The average molecular weight is 284 g/mol. The molecule has 0 bridgehead atoms. The third-order valence-corrected chi connectivity index (χ3v) is 4.30. The Bertz CT molecular complexity index is 369. The van der Waals surface area contributed by atoms with Crippen LogP contribution < -0.4 is 5.32 Å². The highest BCUT2D eigenvalue weighted by atomic mass is 16.5. The van der Waals surface area contributed by atoms with Gasteiger partial charge in [0.1, 0.15) is 0 Å². The van der Waals surface area contributed by atoms with Crippen LogP contribution in [0, 0.1) is 5.41 Å². The van der Waals surface area contributed by atoms with Gasteiger partial charge in [-0.15, -0.1) is 0 Å². The predicted octanol–water partition coefficient (Wildman–Crippen LogP) is 1.45. The first-order valence-electron chi connectivity index (χ1n) is 7.34. The summed E-state index contributed by atoms with van der Waals surface area (Å²) >= 11 is 0. The molecule has 2 N–H and O–H groups in total. The van der Waals surface area contributed by atoms with Crippen molar-refractivity contribution in [2.75, 3.05) is 19.6 Å². The van der Waals surface area contributed by atoms with Crippen molar-refractivity contribution in [2.24, 2.45) is 5.41 Å². The molecule has 0 aromatic heterocycles. The largest absolute Gasteiger partial charge is 0.481 e. The lowest BCUT2D eigenvalue weighted by Gasteiger charge is -2.36. The van der Waals surface area contributed by atoms with Crippen LogP contribution in [0.5, 0.6) is 0 Å². The number of carbonyl (C=O) groups excluding carboxylic acids is 1. The van der Waals surface area contributed by atoms with E-state index in [4.69, 9.17) is 4.74 Å². The number of carboxylic acid groups (broad SMARTS) is 1. The number of morpholine rings is 1. The summed E-state index contributed by atoms with van der Waals surface area (Å²) in [6.45, 7) is 5.20. The number of hydrogen-bond donors (Lipinski definition) is 2. The number of urea groups is 1. The van der Waals surface area contributed by atoms with Gasteiger partial charge >= 0.3 is 12.0 Å². The number of rotatable bonds is 3. The minimum absolute atomic E-state index is 0.0180. The number of nitrogens with one attached hydrogen (secondary N) is 1. The summed E-state index contributed by atoms with van der Waals surface area (Å²) < 4.78 is 5.59. The van der Waals surface area contributed by atoms with Crippen molar-refractivity contribution in [1.82, 2.24) is 10.2 Å². The van der Waals surface area contributed by atoms with Gasteiger partial charge in [0, 0.05) is 19.6 Å². The lowest BCUT2D eigenvalue weighted by atomic mass is 9.86. The van der Waals surface area contributed by atoms with Gasteiger partial charge < -0.3 is 20.1 Å². The molecule has 0 spiro atoms. The van der Waals surface area contributed by atoms with Gasteiger partial charge in [-0.25, -0.2) is 4.79 Å². The molecule has 1 heterocycles. The summed E-state index contributed by atoms with van der Waals surface area (Å²) in [5, 5.41) is 12.2. The van der Waals surface area contributed by atoms with Crippen molar-refractivity contribution < 1.29 is 19.4 Å². The third-order valence-electron chi connectivity index (χ3n) is 4.30. The van der Waals surface area contributed by atoms with Crippen LogP contribution in [-0.2, 0) is 9.53 Å². The van der Waals surface area contributed by atoms with Gasteiger partial charge in [0.05, 0.1) is 17.6 Å². The second-order valence-corrected chi connectivity index (χ2v) is 6.11. The van der Waals surface area contributed by atoms with E-state index in [0.717, 1.165) is 12.8 Å². The summed E-state index contributed by atoms with van der Waals surface area (Å²) in [6.07, 6.45) is 3.19. The topological polar surface area (TPSA) is 78.9 Å². The molecule has 6 nitrogen and oxygen atoms in total. The lowest BCUT2D eigenvalue weighted by Crippen LogP contribution is -2.53. The van der Waals surface area contributed by atoms with Gasteiger partial charge in [-0.1, -0.05) is 12.8 Å². The molecule has 1 saturated heterocycles. The SMILES string of the molecule is CC1CN(C(=O)NCC2(C(=O)O)CCCC2)CC(C)O1. The normalized spacial score (nSPS) is 29.2. The Balaban J connectivity index is 1.89. The molecule has 2 aliphatic rings. The van der Waals surface area contributed by atoms with Crippen LogP contribution in [0.2, 0.25) is 0 Å². The molecule has 2 fully saturated rings. The Kier molecular flexibility index (Phi) is 4.52. The predicted molar refractivity (Wildman–Crippen MR) is 73.5 cm³/mol. The van der Waals surface area contributed by atoms with Gasteiger partial charge in [0.25, 0.3) is 0 Å². The van der Waals surface area contributed by atoms with E-state index < -0.39 is 11.4 Å². The van der Waals surface area contributed by atoms with Crippen LogP contribution in [0.3, 0.4) is 0 Å². The molecule has 1 aliphatic carbocycles. The quantitative estimate of drug-likeness (QED) is 0.822. The van der Waals surface area contributed by atoms with Crippen LogP contribution in [0.25, 0.3) is 0 Å². The minimum Gasteiger partial charge on any atom is -0.481 e. The van der Waals surface area contributed by atoms with Crippen molar-refractivity contribution >= 4 is 12.0 Å². The summed E-state index contributed by atoms with van der Waals surface area (Å²) in [6, 6.07) is -0.181. The molecule has 2 atom stereocenters. The van der Waals surface area contributed by atoms with Crippen molar-refractivity contribution in [3.63, 3.8) is 0 Å². The Labute approximate surface area is 119 Å². The van der Waals surface area contributed by atoms with Crippen molar-refractivity contribution in [1.29, 1.82) is 0 Å². The standard InChI is InChI=1S/C14H24N2O4/c1-10-7-16(8-11(2)20-10)13(19)15-9-14(12(17)18)5-3-4-6-14/h10-11H,3-9H2,1-2H3,(H,15,19)(H,17,18). The van der Waals surface area contributed by atoms with Crippen LogP contribution >= 0.6 is 0 Å². The molecule has 114 valence electrons. The number of carboxylic acids is 1. The van der Waals surface area contributed by atoms with Crippen LogP contribution in [0.15, 0.2) is 0 Å². The molecule has 0 aromatic carbocycles. The Morgan fingerprint density at radius 2 is 1.80 bits per heavy atom. The third kappa shape index (κ3) is 3.23. The van der Waals surface area contributed by atoms with Gasteiger partial charge in [0.15, 0.2) is 0 Å². The molecular weight excluding hydrogens is 260 g/mol. The average Bonchev–Trinajstić information content (AvgIpc) is 2.84. The Hall–Kier alpha value is -1.30. The zero-order chi connectivity index (χ0) is 14.8. The maximum absolute atomic E-state index is 12.2. The molecular formula is C14H24N2O4. The minimum atomic E-state index is -0.793. The van der Waals surface area contributed by atoms with E-state index >= 15 is 0 Å². The summed E-state index contributed by atoms with van der Waals surface area (Å²) in [5.41, 5.74) is -0.765. The number of aliphatic carboxylic acids is 1.